The van der Waals surface area contributed by atoms with Gasteiger partial charge in [-0.25, -0.2) is 22.0 Å². The summed E-state index contributed by atoms with van der Waals surface area (Å²) in [6.45, 7) is 0. The van der Waals surface area contributed by atoms with E-state index in [-0.39, 0.29) is 4.47 Å². The maximum Gasteiger partial charge on any atom is 0.203 e. The molecule has 0 aliphatic carbocycles. The lowest BCUT2D eigenvalue weighted by molar-refractivity contribution is 0.435. The van der Waals surface area contributed by atoms with Crippen LogP contribution in [0.15, 0.2) is 28.7 Å². The number of thiocarbonyl (C=S) groups is 1. The van der Waals surface area contributed by atoms with Crippen molar-refractivity contribution >= 4 is 33.2 Å². The highest BCUT2D eigenvalue weighted by atomic mass is 79.9. The summed E-state index contributed by atoms with van der Waals surface area (Å²) in [6.07, 6.45) is 0. The van der Waals surface area contributed by atoms with Gasteiger partial charge in [0.1, 0.15) is 22.9 Å². The van der Waals surface area contributed by atoms with Crippen molar-refractivity contribution in [2.45, 2.75) is 0 Å². The quantitative estimate of drug-likeness (QED) is 0.415. The topological polar surface area (TPSA) is 9.23 Å². The van der Waals surface area contributed by atoms with E-state index in [9.17, 15) is 22.0 Å². The second kappa shape index (κ2) is 6.07. The Morgan fingerprint density at radius 3 is 1.81 bits per heavy atom. The molecule has 0 aromatic heterocycles. The van der Waals surface area contributed by atoms with Crippen molar-refractivity contribution in [3.05, 3.63) is 63.4 Å². The van der Waals surface area contributed by atoms with Crippen LogP contribution in [0, 0.1) is 29.1 Å². The molecular weight excluding hydrogens is 379 g/mol. The van der Waals surface area contributed by atoms with Gasteiger partial charge in [0, 0.05) is 16.6 Å². The zero-order valence-corrected chi connectivity index (χ0v) is 12.3. The Hall–Kier alpha value is -1.54. The molecule has 0 radical (unpaired) electrons. The molecule has 0 saturated carbocycles. The van der Waals surface area contributed by atoms with E-state index in [1.54, 1.807) is 0 Å². The van der Waals surface area contributed by atoms with Crippen LogP contribution in [-0.2, 0) is 0 Å². The average Bonchev–Trinajstić information content (AvgIpc) is 2.34. The Balaban J connectivity index is 2.35. The summed E-state index contributed by atoms with van der Waals surface area (Å²) in [5.41, 5.74) is -0.668. The molecule has 110 valence electrons. The van der Waals surface area contributed by atoms with Crippen molar-refractivity contribution in [3.8, 4) is 5.75 Å². The predicted molar refractivity (Wildman–Crippen MR) is 72.7 cm³/mol. The molecule has 0 unspecified atom stereocenters. The Labute approximate surface area is 129 Å². The third kappa shape index (κ3) is 3.38. The summed E-state index contributed by atoms with van der Waals surface area (Å²) in [7, 11) is 0. The fourth-order valence-corrected chi connectivity index (χ4v) is 2.18. The van der Waals surface area contributed by atoms with Crippen molar-refractivity contribution in [2.24, 2.45) is 0 Å². The van der Waals surface area contributed by atoms with E-state index in [1.807, 2.05) is 0 Å². The van der Waals surface area contributed by atoms with E-state index in [0.29, 0.717) is 12.1 Å². The maximum atomic E-state index is 13.6. The molecule has 0 aliphatic rings. The minimum atomic E-state index is -1.69. The molecule has 2 aromatic carbocycles. The maximum absolute atomic E-state index is 13.6. The SMILES string of the molecule is Fc1cc(OC(=S)c2c(F)cc(Br)cc2F)cc(F)c1F. The van der Waals surface area contributed by atoms with Crippen LogP contribution in [-0.4, -0.2) is 5.05 Å². The number of hydrogen-bond donors (Lipinski definition) is 0. The van der Waals surface area contributed by atoms with Gasteiger partial charge in [-0.2, -0.15) is 0 Å². The van der Waals surface area contributed by atoms with E-state index in [1.165, 1.54) is 0 Å². The van der Waals surface area contributed by atoms with Crippen LogP contribution < -0.4 is 4.74 Å². The van der Waals surface area contributed by atoms with Crippen molar-refractivity contribution in [3.63, 3.8) is 0 Å². The Kier molecular flexibility index (Phi) is 4.58. The van der Waals surface area contributed by atoms with Gasteiger partial charge in [0.2, 0.25) is 5.05 Å². The molecule has 0 aliphatic heterocycles. The Morgan fingerprint density at radius 1 is 0.857 bits per heavy atom. The average molecular weight is 383 g/mol. The smallest absolute Gasteiger partial charge is 0.203 e. The first-order valence-electron chi connectivity index (χ1n) is 5.31. The third-order valence-electron chi connectivity index (χ3n) is 2.38. The lowest BCUT2D eigenvalue weighted by Crippen LogP contribution is -2.12. The molecule has 0 fully saturated rings. The molecule has 0 atom stereocenters. The molecule has 2 aromatic rings. The molecule has 8 heteroatoms. The van der Waals surface area contributed by atoms with Crippen LogP contribution in [0.2, 0.25) is 0 Å². The highest BCUT2D eigenvalue weighted by molar-refractivity contribution is 9.10. The van der Waals surface area contributed by atoms with Crippen LogP contribution in [0.3, 0.4) is 0 Å². The fourth-order valence-electron chi connectivity index (χ4n) is 1.49. The van der Waals surface area contributed by atoms with E-state index in [2.05, 4.69) is 28.1 Å². The van der Waals surface area contributed by atoms with Gasteiger partial charge in [0.25, 0.3) is 0 Å². The van der Waals surface area contributed by atoms with E-state index in [4.69, 9.17) is 4.74 Å². The molecule has 0 heterocycles. The zero-order valence-electron chi connectivity index (χ0n) is 9.89. The van der Waals surface area contributed by atoms with Crippen molar-refractivity contribution in [1.82, 2.24) is 0 Å². The van der Waals surface area contributed by atoms with Crippen molar-refractivity contribution in [1.29, 1.82) is 0 Å². The lowest BCUT2D eigenvalue weighted by atomic mass is 10.2. The van der Waals surface area contributed by atoms with E-state index < -0.39 is 45.4 Å². The zero-order chi connectivity index (χ0) is 15.7. The van der Waals surface area contributed by atoms with E-state index >= 15 is 0 Å². The summed E-state index contributed by atoms with van der Waals surface area (Å²) in [4.78, 5) is 0. The Bertz CT molecular complexity index is 688. The van der Waals surface area contributed by atoms with Gasteiger partial charge in [-0.3, -0.25) is 0 Å². The van der Waals surface area contributed by atoms with Crippen LogP contribution in [0.4, 0.5) is 22.0 Å². The molecule has 1 nitrogen and oxygen atoms in total. The van der Waals surface area contributed by atoms with E-state index in [0.717, 1.165) is 12.1 Å². The molecule has 0 amide bonds. The highest BCUT2D eigenvalue weighted by Gasteiger charge is 2.19. The lowest BCUT2D eigenvalue weighted by Gasteiger charge is -2.10. The molecule has 0 spiro atoms. The molecule has 0 bridgehead atoms. The normalized spacial score (nSPS) is 10.6. The van der Waals surface area contributed by atoms with Crippen LogP contribution >= 0.6 is 28.1 Å². The van der Waals surface area contributed by atoms with Crippen molar-refractivity contribution < 1.29 is 26.7 Å². The molecule has 21 heavy (non-hydrogen) atoms. The second-order valence-corrected chi connectivity index (χ2v) is 5.12. The van der Waals surface area contributed by atoms with Crippen molar-refractivity contribution in [2.75, 3.05) is 0 Å². The fraction of sp³-hybridized carbons (Fsp3) is 0. The Morgan fingerprint density at radius 2 is 1.33 bits per heavy atom. The monoisotopic (exact) mass is 382 g/mol. The standard InChI is InChI=1S/C13H4BrF5OS/c14-5-1-7(15)11(8(16)2-5)13(21)20-6-3-9(17)12(19)10(18)4-6/h1-4H. The van der Waals surface area contributed by atoms with Gasteiger partial charge < -0.3 is 4.74 Å². The summed E-state index contributed by atoms with van der Waals surface area (Å²) < 4.78 is 71.0. The van der Waals surface area contributed by atoms with Gasteiger partial charge in [-0.15, -0.1) is 0 Å². The third-order valence-corrected chi connectivity index (χ3v) is 3.12. The van der Waals surface area contributed by atoms with Crippen LogP contribution in [0.5, 0.6) is 5.75 Å². The van der Waals surface area contributed by atoms with Gasteiger partial charge in [0.05, 0.1) is 0 Å². The number of hydrogen-bond acceptors (Lipinski definition) is 2. The van der Waals surface area contributed by atoms with Crippen LogP contribution in [0.25, 0.3) is 0 Å². The number of benzene rings is 2. The first-order chi connectivity index (χ1) is 9.79. The number of ether oxygens (including phenoxy) is 1. The first kappa shape index (κ1) is 15.8. The molecule has 0 saturated heterocycles. The summed E-state index contributed by atoms with van der Waals surface area (Å²) in [5, 5.41) is -0.678. The minimum Gasteiger partial charge on any atom is -0.445 e. The number of rotatable bonds is 2. The van der Waals surface area contributed by atoms with Crippen LogP contribution in [0.1, 0.15) is 5.56 Å². The summed E-state index contributed by atoms with van der Waals surface area (Å²) in [6, 6.07) is 2.92. The molecular formula is C13H4BrF5OS. The summed E-state index contributed by atoms with van der Waals surface area (Å²) >= 11 is 7.57. The predicted octanol–water partition coefficient (Wildman–Crippen LogP) is 4.90. The van der Waals surface area contributed by atoms with Gasteiger partial charge in [-0.05, 0) is 24.4 Å². The largest absolute Gasteiger partial charge is 0.445 e. The molecule has 0 N–H and O–H groups in total. The number of halogens is 6. The van der Waals surface area contributed by atoms with Gasteiger partial charge in [-0.1, -0.05) is 15.9 Å². The highest BCUT2D eigenvalue weighted by Crippen LogP contribution is 2.24. The van der Waals surface area contributed by atoms with Gasteiger partial charge >= 0.3 is 0 Å². The minimum absolute atomic E-state index is 0.142. The van der Waals surface area contributed by atoms with Gasteiger partial charge in [0.15, 0.2) is 17.5 Å². The second-order valence-electron chi connectivity index (χ2n) is 3.83. The molecule has 2 rings (SSSR count). The summed E-state index contributed by atoms with van der Waals surface area (Å²) in [5.74, 6) is -7.26. The first-order valence-corrected chi connectivity index (χ1v) is 6.51.